The molecule has 0 spiro atoms. The first-order valence-corrected chi connectivity index (χ1v) is 8.90. The van der Waals surface area contributed by atoms with Crippen molar-refractivity contribution in [2.24, 2.45) is 0 Å². The first-order chi connectivity index (χ1) is 12.7. The first kappa shape index (κ1) is 16.8. The predicted octanol–water partition coefficient (Wildman–Crippen LogP) is 4.26. The lowest BCUT2D eigenvalue weighted by atomic mass is 10.1. The van der Waals surface area contributed by atoms with Crippen LogP contribution < -0.4 is 9.80 Å². The second-order valence-electron chi connectivity index (χ2n) is 6.21. The van der Waals surface area contributed by atoms with Gasteiger partial charge in [-0.1, -0.05) is 17.7 Å². The number of nitrogens with zero attached hydrogens (tertiary/aromatic N) is 4. The maximum atomic E-state index is 13.3. The van der Waals surface area contributed by atoms with Gasteiger partial charge in [-0.2, -0.15) is 0 Å². The highest BCUT2D eigenvalue weighted by atomic mass is 35.5. The molecule has 1 saturated heterocycles. The van der Waals surface area contributed by atoms with Crippen LogP contribution in [0.1, 0.15) is 0 Å². The Morgan fingerprint density at radius 1 is 0.846 bits per heavy atom. The lowest BCUT2D eigenvalue weighted by Gasteiger charge is -2.36. The van der Waals surface area contributed by atoms with Crippen molar-refractivity contribution >= 4 is 23.1 Å². The van der Waals surface area contributed by atoms with Gasteiger partial charge < -0.3 is 9.80 Å². The zero-order valence-corrected chi connectivity index (χ0v) is 14.9. The normalized spacial score (nSPS) is 14.5. The number of anilines is 2. The third kappa shape index (κ3) is 3.48. The van der Waals surface area contributed by atoms with E-state index < -0.39 is 5.82 Å². The Balaban J connectivity index is 1.44. The second-order valence-corrected chi connectivity index (χ2v) is 6.62. The second kappa shape index (κ2) is 7.30. The predicted molar refractivity (Wildman–Crippen MR) is 103 cm³/mol. The van der Waals surface area contributed by atoms with Gasteiger partial charge in [-0.15, -0.1) is 0 Å². The minimum Gasteiger partial charge on any atom is -0.368 e. The van der Waals surface area contributed by atoms with E-state index >= 15 is 0 Å². The highest BCUT2D eigenvalue weighted by molar-refractivity contribution is 6.31. The number of aromatic nitrogens is 2. The number of hydrogen-bond donors (Lipinski definition) is 0. The molecule has 0 aliphatic carbocycles. The van der Waals surface area contributed by atoms with Gasteiger partial charge in [0.2, 0.25) is 0 Å². The van der Waals surface area contributed by atoms with E-state index in [9.17, 15) is 4.39 Å². The molecule has 0 bridgehead atoms. The van der Waals surface area contributed by atoms with Crippen molar-refractivity contribution in [1.82, 2.24) is 9.97 Å². The Kier molecular flexibility index (Phi) is 4.71. The third-order valence-corrected chi connectivity index (χ3v) is 4.92. The number of halogens is 2. The van der Waals surface area contributed by atoms with Crippen molar-refractivity contribution in [3.63, 3.8) is 0 Å². The molecule has 26 heavy (non-hydrogen) atoms. The van der Waals surface area contributed by atoms with Crippen LogP contribution >= 0.6 is 11.6 Å². The summed E-state index contributed by atoms with van der Waals surface area (Å²) in [4.78, 5) is 13.3. The van der Waals surface area contributed by atoms with Gasteiger partial charge in [0.1, 0.15) is 11.6 Å². The average molecular weight is 369 g/mol. The van der Waals surface area contributed by atoms with Gasteiger partial charge in [-0.25, -0.2) is 9.37 Å². The fourth-order valence-electron chi connectivity index (χ4n) is 3.17. The lowest BCUT2D eigenvalue weighted by molar-refractivity contribution is 0.628. The summed E-state index contributed by atoms with van der Waals surface area (Å²) in [5, 5.41) is 0.124. The van der Waals surface area contributed by atoms with Gasteiger partial charge in [-0.3, -0.25) is 4.98 Å². The van der Waals surface area contributed by atoms with Crippen LogP contribution in [0, 0.1) is 5.82 Å². The highest BCUT2D eigenvalue weighted by Crippen LogP contribution is 2.26. The molecule has 0 unspecified atom stereocenters. The van der Waals surface area contributed by atoms with Crippen LogP contribution in [-0.2, 0) is 0 Å². The summed E-state index contributed by atoms with van der Waals surface area (Å²) >= 11 is 5.87. The van der Waals surface area contributed by atoms with Crippen LogP contribution in [0.25, 0.3) is 11.1 Å². The molecule has 1 aliphatic heterocycles. The molecular formula is C20H18ClFN4. The van der Waals surface area contributed by atoms with E-state index in [2.05, 4.69) is 19.8 Å². The van der Waals surface area contributed by atoms with Crippen molar-refractivity contribution < 1.29 is 4.39 Å². The van der Waals surface area contributed by atoms with E-state index in [1.807, 2.05) is 42.9 Å². The van der Waals surface area contributed by atoms with Gasteiger partial charge in [0.25, 0.3) is 0 Å². The van der Waals surface area contributed by atoms with Crippen molar-refractivity contribution in [2.75, 3.05) is 36.0 Å². The van der Waals surface area contributed by atoms with E-state index in [0.717, 1.165) is 43.1 Å². The first-order valence-electron chi connectivity index (χ1n) is 8.52. The molecule has 1 fully saturated rings. The summed E-state index contributed by atoms with van der Waals surface area (Å²) < 4.78 is 13.3. The molecule has 4 rings (SSSR count). The molecule has 2 aromatic heterocycles. The Labute approximate surface area is 156 Å². The average Bonchev–Trinajstić information content (AvgIpc) is 2.71. The number of rotatable bonds is 3. The van der Waals surface area contributed by atoms with Gasteiger partial charge in [0.15, 0.2) is 0 Å². The topological polar surface area (TPSA) is 32.3 Å². The molecule has 0 saturated carbocycles. The summed E-state index contributed by atoms with van der Waals surface area (Å²) in [6, 6.07) is 12.8. The molecule has 0 N–H and O–H groups in total. The molecule has 0 atom stereocenters. The van der Waals surface area contributed by atoms with Crippen LogP contribution in [0.15, 0.2) is 61.1 Å². The van der Waals surface area contributed by atoms with E-state index in [-0.39, 0.29) is 5.02 Å². The van der Waals surface area contributed by atoms with Gasteiger partial charge in [-0.05, 0) is 42.0 Å². The van der Waals surface area contributed by atoms with E-state index in [4.69, 9.17) is 11.6 Å². The number of pyridine rings is 2. The molecule has 1 aromatic carbocycles. The van der Waals surface area contributed by atoms with Gasteiger partial charge in [0.05, 0.1) is 5.02 Å². The number of piperazine rings is 1. The zero-order valence-electron chi connectivity index (χ0n) is 14.1. The van der Waals surface area contributed by atoms with E-state index in [1.54, 1.807) is 12.1 Å². The largest absolute Gasteiger partial charge is 0.368 e. The third-order valence-electron chi connectivity index (χ3n) is 4.63. The fourth-order valence-corrected chi connectivity index (χ4v) is 3.35. The zero-order chi connectivity index (χ0) is 17.9. The molecule has 4 nitrogen and oxygen atoms in total. The van der Waals surface area contributed by atoms with Crippen LogP contribution in [0.5, 0.6) is 0 Å². The SMILES string of the molecule is Fc1ccc(-c2ccc(N3CCN(c4ccncc4)CC3)nc2)cc1Cl. The van der Waals surface area contributed by atoms with Crippen molar-refractivity contribution in [2.45, 2.75) is 0 Å². The highest BCUT2D eigenvalue weighted by Gasteiger charge is 2.18. The maximum absolute atomic E-state index is 13.3. The van der Waals surface area contributed by atoms with Crippen molar-refractivity contribution in [3.05, 3.63) is 71.9 Å². The Morgan fingerprint density at radius 3 is 2.19 bits per heavy atom. The number of benzene rings is 1. The molecule has 3 heterocycles. The summed E-state index contributed by atoms with van der Waals surface area (Å²) in [6.45, 7) is 3.72. The van der Waals surface area contributed by atoms with Crippen LogP contribution in [0.3, 0.4) is 0 Å². The van der Waals surface area contributed by atoms with Crippen LogP contribution in [0.4, 0.5) is 15.9 Å². The Bertz CT molecular complexity index is 878. The van der Waals surface area contributed by atoms with Gasteiger partial charge in [0, 0.05) is 56.0 Å². The standard InChI is InChI=1S/C20H18ClFN4/c21-18-13-15(1-3-19(18)22)16-2-4-20(24-14-16)26-11-9-25(10-12-26)17-5-7-23-8-6-17/h1-8,13-14H,9-12H2. The summed E-state index contributed by atoms with van der Waals surface area (Å²) in [5.41, 5.74) is 2.99. The fraction of sp³-hybridized carbons (Fsp3) is 0.200. The molecule has 132 valence electrons. The molecule has 3 aromatic rings. The quantitative estimate of drug-likeness (QED) is 0.691. The molecule has 0 amide bonds. The van der Waals surface area contributed by atoms with E-state index in [0.29, 0.717) is 0 Å². The monoisotopic (exact) mass is 368 g/mol. The molecule has 6 heteroatoms. The minimum atomic E-state index is -0.410. The Hall–Kier alpha value is -2.66. The van der Waals surface area contributed by atoms with Crippen LogP contribution in [0.2, 0.25) is 5.02 Å². The smallest absolute Gasteiger partial charge is 0.141 e. The number of hydrogen-bond acceptors (Lipinski definition) is 4. The van der Waals surface area contributed by atoms with Crippen molar-refractivity contribution in [1.29, 1.82) is 0 Å². The summed E-state index contributed by atoms with van der Waals surface area (Å²) in [7, 11) is 0. The minimum absolute atomic E-state index is 0.124. The van der Waals surface area contributed by atoms with Crippen LogP contribution in [-0.4, -0.2) is 36.1 Å². The van der Waals surface area contributed by atoms with Gasteiger partial charge >= 0.3 is 0 Å². The van der Waals surface area contributed by atoms with Crippen molar-refractivity contribution in [3.8, 4) is 11.1 Å². The maximum Gasteiger partial charge on any atom is 0.141 e. The molecular weight excluding hydrogens is 351 g/mol. The molecule has 0 radical (unpaired) electrons. The Morgan fingerprint density at radius 2 is 1.54 bits per heavy atom. The molecule has 1 aliphatic rings. The van der Waals surface area contributed by atoms with E-state index in [1.165, 1.54) is 11.8 Å². The summed E-state index contributed by atoms with van der Waals surface area (Å²) in [6.07, 6.45) is 5.46. The summed E-state index contributed by atoms with van der Waals surface area (Å²) in [5.74, 6) is 0.545. The lowest BCUT2D eigenvalue weighted by Crippen LogP contribution is -2.46.